The Hall–Kier alpha value is -2.36. The molecular formula is C15H15N3O. The van der Waals surface area contributed by atoms with E-state index in [1.165, 1.54) is 0 Å². The molecule has 2 aromatic heterocycles. The first-order valence-corrected chi connectivity index (χ1v) is 6.37. The smallest absolute Gasteiger partial charge is 0.254 e. The van der Waals surface area contributed by atoms with Gasteiger partial charge in [-0.1, -0.05) is 37.3 Å². The van der Waals surface area contributed by atoms with E-state index in [9.17, 15) is 4.79 Å². The molecule has 4 nitrogen and oxygen atoms in total. The second-order valence-electron chi connectivity index (χ2n) is 4.58. The summed E-state index contributed by atoms with van der Waals surface area (Å²) in [6, 6.07) is 9.88. The summed E-state index contributed by atoms with van der Waals surface area (Å²) in [5.41, 5.74) is 4.33. The second kappa shape index (κ2) is 4.39. The standard InChI is InChI=1S/C15H15N3O/c1-3-11-9-16-18-13(12-7-5-4-6-8-12)10(2)15(19)17-14(11)18/h4-9H,3H2,1-2H3,(H,17,19). The first-order valence-electron chi connectivity index (χ1n) is 6.37. The van der Waals surface area contributed by atoms with Crippen LogP contribution in [-0.2, 0) is 6.42 Å². The molecule has 0 saturated carbocycles. The van der Waals surface area contributed by atoms with E-state index in [0.29, 0.717) is 5.56 Å². The summed E-state index contributed by atoms with van der Waals surface area (Å²) in [5.74, 6) is 0. The van der Waals surface area contributed by atoms with Gasteiger partial charge in [-0.15, -0.1) is 0 Å². The van der Waals surface area contributed by atoms with Crippen molar-refractivity contribution in [2.75, 3.05) is 0 Å². The number of nitrogens with one attached hydrogen (secondary N) is 1. The van der Waals surface area contributed by atoms with Crippen LogP contribution in [0.1, 0.15) is 18.1 Å². The van der Waals surface area contributed by atoms with E-state index in [-0.39, 0.29) is 5.56 Å². The number of aromatic amines is 1. The largest absolute Gasteiger partial charge is 0.306 e. The Bertz CT molecular complexity index is 784. The van der Waals surface area contributed by atoms with E-state index in [2.05, 4.69) is 17.0 Å². The highest BCUT2D eigenvalue weighted by Gasteiger charge is 2.13. The number of hydrogen-bond acceptors (Lipinski definition) is 2. The Labute approximate surface area is 110 Å². The third kappa shape index (κ3) is 1.76. The molecule has 1 aromatic carbocycles. The van der Waals surface area contributed by atoms with E-state index in [1.807, 2.05) is 48.0 Å². The molecule has 2 heterocycles. The molecule has 0 amide bonds. The van der Waals surface area contributed by atoms with Crippen LogP contribution in [-0.4, -0.2) is 14.6 Å². The van der Waals surface area contributed by atoms with Crippen molar-refractivity contribution in [2.45, 2.75) is 20.3 Å². The minimum absolute atomic E-state index is 0.0541. The van der Waals surface area contributed by atoms with Gasteiger partial charge >= 0.3 is 0 Å². The van der Waals surface area contributed by atoms with Crippen molar-refractivity contribution < 1.29 is 0 Å². The quantitative estimate of drug-likeness (QED) is 0.763. The molecule has 19 heavy (non-hydrogen) atoms. The maximum atomic E-state index is 12.1. The number of fused-ring (bicyclic) bond motifs is 1. The second-order valence-corrected chi connectivity index (χ2v) is 4.58. The van der Waals surface area contributed by atoms with Gasteiger partial charge in [-0.05, 0) is 13.3 Å². The fourth-order valence-corrected chi connectivity index (χ4v) is 2.35. The minimum Gasteiger partial charge on any atom is -0.306 e. The van der Waals surface area contributed by atoms with Gasteiger partial charge in [0.1, 0.15) is 5.65 Å². The van der Waals surface area contributed by atoms with Gasteiger partial charge in [-0.3, -0.25) is 4.79 Å². The molecule has 0 aliphatic heterocycles. The van der Waals surface area contributed by atoms with Gasteiger partial charge < -0.3 is 4.98 Å². The Morgan fingerprint density at radius 1 is 1.26 bits per heavy atom. The van der Waals surface area contributed by atoms with Gasteiger partial charge in [-0.2, -0.15) is 5.10 Å². The van der Waals surface area contributed by atoms with Crippen molar-refractivity contribution in [2.24, 2.45) is 0 Å². The molecule has 0 fully saturated rings. The maximum absolute atomic E-state index is 12.1. The van der Waals surface area contributed by atoms with Crippen molar-refractivity contribution in [3.05, 3.63) is 58.0 Å². The summed E-state index contributed by atoms with van der Waals surface area (Å²) < 4.78 is 1.82. The average molecular weight is 253 g/mol. The van der Waals surface area contributed by atoms with E-state index >= 15 is 0 Å². The van der Waals surface area contributed by atoms with Gasteiger partial charge in [0.05, 0.1) is 11.9 Å². The average Bonchev–Trinajstić information content (AvgIpc) is 2.83. The Morgan fingerprint density at radius 2 is 2.00 bits per heavy atom. The monoisotopic (exact) mass is 253 g/mol. The van der Waals surface area contributed by atoms with Crippen LogP contribution in [0.3, 0.4) is 0 Å². The van der Waals surface area contributed by atoms with E-state index in [0.717, 1.165) is 28.9 Å². The summed E-state index contributed by atoms with van der Waals surface area (Å²) >= 11 is 0. The molecule has 0 atom stereocenters. The normalized spacial score (nSPS) is 11.1. The van der Waals surface area contributed by atoms with Gasteiger partial charge in [0.25, 0.3) is 5.56 Å². The van der Waals surface area contributed by atoms with Crippen molar-refractivity contribution in [3.8, 4) is 11.3 Å². The minimum atomic E-state index is -0.0541. The zero-order valence-electron chi connectivity index (χ0n) is 11.0. The number of hydrogen-bond donors (Lipinski definition) is 1. The van der Waals surface area contributed by atoms with Crippen LogP contribution in [0.4, 0.5) is 0 Å². The number of rotatable bonds is 2. The molecule has 0 bridgehead atoms. The highest BCUT2D eigenvalue weighted by molar-refractivity contribution is 5.66. The summed E-state index contributed by atoms with van der Waals surface area (Å²) in [4.78, 5) is 15.0. The zero-order valence-corrected chi connectivity index (χ0v) is 11.0. The lowest BCUT2D eigenvalue weighted by Crippen LogP contribution is -2.15. The molecule has 3 rings (SSSR count). The number of nitrogens with zero attached hydrogens (tertiary/aromatic N) is 2. The van der Waals surface area contributed by atoms with Crippen LogP contribution in [0.5, 0.6) is 0 Å². The van der Waals surface area contributed by atoms with Crippen LogP contribution in [0.15, 0.2) is 41.3 Å². The van der Waals surface area contributed by atoms with Gasteiger partial charge in [0, 0.05) is 16.7 Å². The summed E-state index contributed by atoms with van der Waals surface area (Å²) in [5, 5.41) is 4.41. The lowest BCUT2D eigenvalue weighted by atomic mass is 10.1. The molecule has 0 saturated heterocycles. The van der Waals surface area contributed by atoms with Crippen molar-refractivity contribution in [1.29, 1.82) is 0 Å². The van der Waals surface area contributed by atoms with E-state index < -0.39 is 0 Å². The molecule has 0 aliphatic carbocycles. The lowest BCUT2D eigenvalue weighted by molar-refractivity contribution is 0.926. The highest BCUT2D eigenvalue weighted by atomic mass is 16.1. The molecule has 0 aliphatic rings. The van der Waals surface area contributed by atoms with Crippen LogP contribution in [0.25, 0.3) is 16.9 Å². The Morgan fingerprint density at radius 3 is 2.68 bits per heavy atom. The first kappa shape index (κ1) is 11.7. The summed E-state index contributed by atoms with van der Waals surface area (Å²) in [6.07, 6.45) is 2.66. The Kier molecular flexibility index (Phi) is 2.71. The predicted octanol–water partition coefficient (Wildman–Crippen LogP) is 2.56. The van der Waals surface area contributed by atoms with Gasteiger partial charge in [-0.25, -0.2) is 4.52 Å². The molecule has 4 heteroatoms. The van der Waals surface area contributed by atoms with Crippen LogP contribution in [0.2, 0.25) is 0 Å². The number of benzene rings is 1. The fourth-order valence-electron chi connectivity index (χ4n) is 2.35. The first-order chi connectivity index (χ1) is 9.22. The third-order valence-corrected chi connectivity index (χ3v) is 3.41. The van der Waals surface area contributed by atoms with E-state index in [4.69, 9.17) is 0 Å². The highest BCUT2D eigenvalue weighted by Crippen LogP contribution is 2.22. The maximum Gasteiger partial charge on any atom is 0.254 e. The fraction of sp³-hybridized carbons (Fsp3) is 0.200. The zero-order chi connectivity index (χ0) is 13.4. The number of aryl methyl sites for hydroxylation is 1. The number of H-pyrrole nitrogens is 1. The van der Waals surface area contributed by atoms with E-state index in [1.54, 1.807) is 0 Å². The molecule has 3 aromatic rings. The SMILES string of the molecule is CCc1cnn2c(-c3ccccc3)c(C)c(=O)[nH]c12. The van der Waals surface area contributed by atoms with Crippen molar-refractivity contribution in [1.82, 2.24) is 14.6 Å². The van der Waals surface area contributed by atoms with Crippen LogP contribution in [0, 0.1) is 6.92 Å². The molecule has 1 N–H and O–H groups in total. The molecular weight excluding hydrogens is 238 g/mol. The molecule has 96 valence electrons. The topological polar surface area (TPSA) is 50.2 Å². The van der Waals surface area contributed by atoms with Gasteiger partial charge in [0.15, 0.2) is 0 Å². The molecule has 0 unspecified atom stereocenters. The summed E-state index contributed by atoms with van der Waals surface area (Å²) in [6.45, 7) is 3.88. The van der Waals surface area contributed by atoms with Gasteiger partial charge in [0.2, 0.25) is 0 Å². The molecule has 0 radical (unpaired) electrons. The van der Waals surface area contributed by atoms with Crippen LogP contribution >= 0.6 is 0 Å². The Balaban J connectivity index is 2.43. The predicted molar refractivity (Wildman–Crippen MR) is 75.4 cm³/mol. The number of aromatic nitrogens is 3. The molecule has 0 spiro atoms. The third-order valence-electron chi connectivity index (χ3n) is 3.41. The van der Waals surface area contributed by atoms with Crippen molar-refractivity contribution in [3.63, 3.8) is 0 Å². The van der Waals surface area contributed by atoms with Crippen molar-refractivity contribution >= 4 is 5.65 Å². The van der Waals surface area contributed by atoms with Crippen LogP contribution < -0.4 is 5.56 Å². The summed E-state index contributed by atoms with van der Waals surface area (Å²) in [7, 11) is 0. The lowest BCUT2D eigenvalue weighted by Gasteiger charge is -2.08.